The number of nitrogens with zero attached hydrogens (tertiary/aromatic N) is 3. The highest BCUT2D eigenvalue weighted by atomic mass is 35.5. The number of amides is 3. The van der Waals surface area contributed by atoms with E-state index < -0.39 is 30.1 Å². The number of nitrogens with one attached hydrogen (secondary N) is 3. The number of aliphatic hydroxyl groups is 1. The Morgan fingerprint density at radius 3 is 1.17 bits per heavy atom. The van der Waals surface area contributed by atoms with Crippen LogP contribution in [0.3, 0.4) is 0 Å². The van der Waals surface area contributed by atoms with Gasteiger partial charge in [-0.2, -0.15) is 0 Å². The predicted octanol–water partition coefficient (Wildman–Crippen LogP) is 18.8. The van der Waals surface area contributed by atoms with Crippen molar-refractivity contribution in [3.63, 3.8) is 0 Å². The molecule has 110 heavy (non-hydrogen) atoms. The summed E-state index contributed by atoms with van der Waals surface area (Å²) in [6, 6.07) is 1.88. The summed E-state index contributed by atoms with van der Waals surface area (Å²) in [5.74, 6) is 4.29. The van der Waals surface area contributed by atoms with Crippen LogP contribution in [0.5, 0.6) is 0 Å². The molecule has 4 N–H and O–H groups in total. The van der Waals surface area contributed by atoms with E-state index in [0.717, 1.165) is 72.7 Å². The second-order valence-corrected chi connectivity index (χ2v) is 41.4. The smallest absolute Gasteiger partial charge is 0.296 e. The molecular formula is C88H151ClN6O13S2. The molecule has 0 radical (unpaired) electrons. The SMILES string of the molecule is C#CC(=O)C(C)(C)C.C#CC(=O)NC(C)(C)C.C=CC(=O)C(C)(C)C.C=CC(=O)N(CCC)C(C)(C)C.C=CC(=O)NC(C)(C)C.C=CS(=O)(=O)C(C)(C)C.C=CS(=O)(=O)NC(C)(C)C.CC(C)(C)C(=O)/C=C/CCO.CC(C)(C)C(=O)C1=CCCC1.CC(C)(C)C(=O)C1=CCCCC1.CC(C)(C)c1ccnc(Cl)n1. The lowest BCUT2D eigenvalue weighted by molar-refractivity contribution is -0.130. The minimum atomic E-state index is -3.26. The van der Waals surface area contributed by atoms with Gasteiger partial charge in [-0.25, -0.2) is 31.5 Å². The van der Waals surface area contributed by atoms with E-state index in [2.05, 4.69) is 104 Å². The van der Waals surface area contributed by atoms with E-state index in [1.54, 1.807) is 74.6 Å². The lowest BCUT2D eigenvalue weighted by Gasteiger charge is -2.34. The average molecular weight is 1600 g/mol. The molecule has 1 aromatic rings. The van der Waals surface area contributed by atoms with Gasteiger partial charge in [0.25, 0.3) is 5.91 Å². The highest BCUT2D eigenvalue weighted by molar-refractivity contribution is 7.95. The quantitative estimate of drug-likeness (QED) is 0.0618. The number of sulfone groups is 1. The monoisotopic (exact) mass is 1600 g/mol. The van der Waals surface area contributed by atoms with Crippen LogP contribution in [0.2, 0.25) is 5.28 Å². The third-order valence-corrected chi connectivity index (χ3v) is 17.1. The Bertz CT molecular complexity index is 3490. The summed E-state index contributed by atoms with van der Waals surface area (Å²) in [4.78, 5) is 98.0. The van der Waals surface area contributed by atoms with Crippen LogP contribution in [0.4, 0.5) is 0 Å². The molecule has 3 amide bonds. The third-order valence-electron chi connectivity index (χ3n) is 13.5. The van der Waals surface area contributed by atoms with Crippen LogP contribution in [0.25, 0.3) is 0 Å². The van der Waals surface area contributed by atoms with Crippen molar-refractivity contribution in [2.75, 3.05) is 13.2 Å². The summed E-state index contributed by atoms with van der Waals surface area (Å²) >= 11 is 5.63. The first kappa shape index (κ1) is 119. The van der Waals surface area contributed by atoms with Crippen molar-refractivity contribution in [2.24, 2.45) is 27.1 Å². The number of halogens is 1. The van der Waals surface area contributed by atoms with Crippen LogP contribution in [0.1, 0.15) is 299 Å². The molecule has 22 heteroatoms. The second-order valence-electron chi connectivity index (χ2n) is 36.8. The molecule has 0 aliphatic heterocycles. The summed E-state index contributed by atoms with van der Waals surface area (Å²) in [6.45, 7) is 82.1. The number of allylic oxidation sites excluding steroid dienone is 6. The Kier molecular flexibility index (Phi) is 58.1. The largest absolute Gasteiger partial charge is 0.396 e. The molecule has 0 saturated carbocycles. The Balaban J connectivity index is -0.000000174. The summed E-state index contributed by atoms with van der Waals surface area (Å²) in [7, 11) is -6.34. The minimum absolute atomic E-state index is 0.0179. The van der Waals surface area contributed by atoms with Gasteiger partial charge in [0.1, 0.15) is 0 Å². The number of Topliss-reactive ketones (excluding diaryl/α,β-unsaturated/α-hetero) is 3. The fraction of sp³-hybridized carbons (Fsp3) is 0.636. The highest BCUT2D eigenvalue weighted by Gasteiger charge is 2.29. The van der Waals surface area contributed by atoms with Gasteiger partial charge in [0.15, 0.2) is 33.0 Å². The first-order valence-electron chi connectivity index (χ1n) is 37.1. The maximum Gasteiger partial charge on any atom is 0.296 e. The van der Waals surface area contributed by atoms with E-state index in [-0.39, 0.29) is 90.8 Å². The molecule has 0 atom stereocenters. The van der Waals surface area contributed by atoms with Gasteiger partial charge < -0.3 is 20.6 Å². The normalized spacial score (nSPS) is 13.0. The van der Waals surface area contributed by atoms with Gasteiger partial charge in [-0.15, -0.1) is 12.8 Å². The molecule has 0 unspecified atom stereocenters. The van der Waals surface area contributed by atoms with E-state index in [4.69, 9.17) is 29.6 Å². The molecule has 0 saturated heterocycles. The molecular weight excluding hydrogens is 1450 g/mol. The first-order chi connectivity index (χ1) is 48.9. The van der Waals surface area contributed by atoms with Crippen molar-refractivity contribution in [3.05, 3.63) is 121 Å². The van der Waals surface area contributed by atoms with Gasteiger partial charge in [-0.1, -0.05) is 183 Å². The lowest BCUT2D eigenvalue weighted by atomic mass is 9.82. The molecule has 2 aliphatic rings. The maximum atomic E-state index is 11.8. The number of aliphatic hydroxyl groups excluding tert-OH is 1. The number of terminal acetylenes is 2. The van der Waals surface area contributed by atoms with Crippen molar-refractivity contribution in [2.45, 2.75) is 326 Å². The number of hydrogen-bond acceptors (Lipinski definition) is 15. The van der Waals surface area contributed by atoms with Gasteiger partial charge in [0.05, 0.1) is 10.4 Å². The van der Waals surface area contributed by atoms with Crippen molar-refractivity contribution in [1.82, 2.24) is 30.2 Å². The topological polar surface area (TPSA) is 290 Å². The van der Waals surface area contributed by atoms with E-state index >= 15 is 0 Å². The summed E-state index contributed by atoms with van der Waals surface area (Å²) in [6.07, 6.45) is 32.1. The number of sulfonamides is 1. The number of hydrogen-bond donors (Lipinski definition) is 4. The molecule has 0 aromatic carbocycles. The van der Waals surface area contributed by atoms with Crippen LogP contribution in [-0.4, -0.2) is 124 Å². The van der Waals surface area contributed by atoms with Crippen molar-refractivity contribution < 1.29 is 60.3 Å². The standard InChI is InChI=1S/C11H18O.C10H19NO.C10H16O.C9H16O2.C8H11ClN2.C7H13NO.C7H11NO.C7H12O.C7H10O.C6H13NO2S.C6H12O2S/c1-11(2,3)10(12)9-7-5-4-6-8-9;1-6-8-11(9(12)7-2)10(3,4)5;1-10(2,3)9(11)8-6-4-5-7-8;1-9(2,3)8(11)6-4-5-7-10;1-8(2,3)6-4-5-10-7(9)11-6;2*1-5-6(9)8-7(2,3)4;2*1-5-6(8)7(2,3)4;1-5-10(8,9)7-6(2,3)4;1-5-9(7,8)6(2,3)4/h7H,4-6,8H2,1-3H3;7H,2,6,8H2,1,3-5H3;6H,4-5,7H2,1-3H3;4,6,10H,5,7H2,1-3H3;4-5H,1-3H3;5H,1H2,2-4H3,(H,8,9);1H,2-4H3,(H,8,9);5H,1H2,2-4H3;1H,2-4H3;5,7H,1H2,2-4H3;5H,1H2,2-4H3/b;;;6-4+;;;;;;;. The van der Waals surface area contributed by atoms with Gasteiger partial charge >= 0.3 is 0 Å². The van der Waals surface area contributed by atoms with E-state index in [0.29, 0.717) is 23.3 Å². The zero-order chi connectivity index (χ0) is 89.5. The van der Waals surface area contributed by atoms with Crippen molar-refractivity contribution in [1.29, 1.82) is 0 Å². The highest BCUT2D eigenvalue weighted by Crippen LogP contribution is 2.29. The fourth-order valence-electron chi connectivity index (χ4n) is 7.30. The third kappa shape index (κ3) is 69.0. The Morgan fingerprint density at radius 1 is 0.564 bits per heavy atom. The molecule has 19 nitrogen and oxygen atoms in total. The van der Waals surface area contributed by atoms with Crippen molar-refractivity contribution in [3.8, 4) is 24.7 Å². The van der Waals surface area contributed by atoms with Crippen LogP contribution >= 0.6 is 11.6 Å². The molecule has 0 bridgehead atoms. The Morgan fingerprint density at radius 2 is 0.991 bits per heavy atom. The molecule has 0 spiro atoms. The van der Waals surface area contributed by atoms with Gasteiger partial charge in [0, 0.05) is 84.8 Å². The van der Waals surface area contributed by atoms with Crippen LogP contribution < -0.4 is 15.4 Å². The zero-order valence-corrected chi connectivity index (χ0v) is 77.1. The van der Waals surface area contributed by atoms with Crippen LogP contribution in [-0.2, 0) is 63.6 Å². The average Bonchev–Trinajstić information content (AvgIpc) is 1.32. The molecule has 1 aromatic heterocycles. The molecule has 3 rings (SSSR count). The summed E-state index contributed by atoms with van der Waals surface area (Å²) in [5, 5.41) is 15.9. The molecule has 0 fully saturated rings. The first-order valence-corrected chi connectivity index (χ1v) is 40.5. The minimum Gasteiger partial charge on any atom is -0.396 e. The maximum absolute atomic E-state index is 11.8. The molecule has 1 heterocycles. The number of aromatic nitrogens is 2. The molecule has 2 aliphatic carbocycles. The number of carbonyl (C=O) groups excluding carboxylic acids is 8. The predicted molar refractivity (Wildman–Crippen MR) is 464 cm³/mol. The number of ketones is 5. The van der Waals surface area contributed by atoms with E-state index in [9.17, 15) is 55.2 Å². The lowest BCUT2D eigenvalue weighted by Crippen LogP contribution is -2.45. The van der Waals surface area contributed by atoms with Gasteiger partial charge in [0.2, 0.25) is 32.9 Å². The number of rotatable bonds is 13. The van der Waals surface area contributed by atoms with Gasteiger partial charge in [-0.3, -0.25) is 38.4 Å². The summed E-state index contributed by atoms with van der Waals surface area (Å²) in [5.41, 5.74) is 0.959. The van der Waals surface area contributed by atoms with E-state index in [1.807, 2.05) is 162 Å². The zero-order valence-electron chi connectivity index (χ0n) is 74.7. The Hall–Kier alpha value is -7.01. The summed E-state index contributed by atoms with van der Waals surface area (Å²) < 4.78 is 45.1. The second kappa shape index (κ2) is 53.8. The van der Waals surface area contributed by atoms with Gasteiger partial charge in [-0.05, 0) is 227 Å². The van der Waals surface area contributed by atoms with Crippen molar-refractivity contribution >= 4 is 78.1 Å². The van der Waals surface area contributed by atoms with Crippen LogP contribution in [0.15, 0.2) is 110 Å². The Labute approximate surface area is 675 Å². The fourth-order valence-corrected chi connectivity index (χ4v) is 8.89. The van der Waals surface area contributed by atoms with Crippen LogP contribution in [0, 0.1) is 51.8 Å². The number of carbonyl (C=O) groups is 8. The molecule has 630 valence electrons. The van der Waals surface area contributed by atoms with E-state index in [1.165, 1.54) is 37.1 Å².